The number of halogens is 1. The maximum atomic E-state index is 11.8. The van der Waals surface area contributed by atoms with E-state index in [2.05, 4.69) is 32.3 Å². The molecule has 1 aliphatic heterocycles. The van der Waals surface area contributed by atoms with Gasteiger partial charge in [0.15, 0.2) is 17.2 Å². The van der Waals surface area contributed by atoms with Crippen LogP contribution in [0.4, 0.5) is 17.2 Å². The fraction of sp³-hybridized carbons (Fsp3) is 0.241. The number of fused-ring (bicyclic) bond motifs is 1. The summed E-state index contributed by atoms with van der Waals surface area (Å²) in [5.41, 5.74) is 4.85. The Hall–Kier alpha value is -4.93. The molecule has 3 heterocycles. The van der Waals surface area contributed by atoms with Crippen molar-refractivity contribution in [3.63, 3.8) is 0 Å². The number of benzene rings is 2. The van der Waals surface area contributed by atoms with Crippen LogP contribution in [-0.4, -0.2) is 52.2 Å². The van der Waals surface area contributed by atoms with Gasteiger partial charge in [-0.05, 0) is 49.7 Å². The zero-order valence-corrected chi connectivity index (χ0v) is 22.6. The van der Waals surface area contributed by atoms with Gasteiger partial charge in [-0.25, -0.2) is 19.7 Å². The minimum absolute atomic E-state index is 0.0901. The molecule has 2 aromatic heterocycles. The molecule has 11 heteroatoms. The second kappa shape index (κ2) is 11.0. The van der Waals surface area contributed by atoms with E-state index in [9.17, 15) is 20.4 Å². The molecule has 2 N–H and O–H groups in total. The number of carboxylic acid groups (broad SMARTS) is 1. The van der Waals surface area contributed by atoms with Crippen LogP contribution < -0.4 is 15.1 Å². The average Bonchev–Trinajstić information content (AvgIpc) is 2.96. The Bertz CT molecular complexity index is 1700. The summed E-state index contributed by atoms with van der Waals surface area (Å²) >= 11 is 5.92. The fourth-order valence-electron chi connectivity index (χ4n) is 4.98. The summed E-state index contributed by atoms with van der Waals surface area (Å²) in [6, 6.07) is 18.6. The number of carboxylic acids is 1. The molecule has 1 fully saturated rings. The van der Waals surface area contributed by atoms with Crippen LogP contribution in [0.3, 0.4) is 0 Å². The molecule has 1 saturated heterocycles. The van der Waals surface area contributed by atoms with Gasteiger partial charge >= 0.3 is 5.97 Å². The first-order chi connectivity index (χ1) is 19.3. The highest BCUT2D eigenvalue weighted by molar-refractivity contribution is 6.29. The Morgan fingerprint density at radius 1 is 1.02 bits per heavy atom. The van der Waals surface area contributed by atoms with E-state index in [0.29, 0.717) is 54.3 Å². The number of rotatable bonds is 6. The van der Waals surface area contributed by atoms with E-state index in [-0.39, 0.29) is 22.6 Å². The van der Waals surface area contributed by atoms with E-state index < -0.39 is 5.97 Å². The first-order valence-electron chi connectivity index (χ1n) is 12.7. The number of piperazine rings is 1. The number of nitrogens with zero attached hydrogens (tertiary/aromatic N) is 7. The number of anilines is 3. The predicted octanol–water partition coefficient (Wildman–Crippen LogP) is 4.93. The zero-order valence-electron chi connectivity index (χ0n) is 21.9. The van der Waals surface area contributed by atoms with Gasteiger partial charge in [0.1, 0.15) is 17.3 Å². The number of aryl methyl sites for hydroxylation is 1. The highest BCUT2D eigenvalue weighted by Crippen LogP contribution is 2.31. The Kier molecular flexibility index (Phi) is 7.37. The molecular formula is C29H25ClN8O2. The van der Waals surface area contributed by atoms with Crippen LogP contribution in [-0.2, 0) is 0 Å². The second-order valence-corrected chi connectivity index (χ2v) is 9.92. The van der Waals surface area contributed by atoms with Crippen molar-refractivity contribution in [1.82, 2.24) is 15.0 Å². The van der Waals surface area contributed by atoms with Crippen LogP contribution in [0.5, 0.6) is 0 Å². The smallest absolute Gasteiger partial charge is 0.356 e. The maximum Gasteiger partial charge on any atom is 0.356 e. The van der Waals surface area contributed by atoms with Crippen molar-refractivity contribution in [3.8, 4) is 12.1 Å². The molecule has 5 rings (SSSR count). The minimum Gasteiger partial charge on any atom is -0.476 e. The number of pyridine rings is 1. The van der Waals surface area contributed by atoms with Crippen molar-refractivity contribution in [2.24, 2.45) is 0 Å². The van der Waals surface area contributed by atoms with Gasteiger partial charge in [-0.15, -0.1) is 0 Å². The Morgan fingerprint density at radius 2 is 1.75 bits per heavy atom. The molecule has 0 amide bonds. The lowest BCUT2D eigenvalue weighted by atomic mass is 10.0. The number of hydrogen-bond donors (Lipinski definition) is 2. The highest BCUT2D eigenvalue weighted by atomic mass is 35.5. The largest absolute Gasteiger partial charge is 0.476 e. The number of hydrogen-bond acceptors (Lipinski definition) is 9. The van der Waals surface area contributed by atoms with E-state index >= 15 is 0 Å². The van der Waals surface area contributed by atoms with Gasteiger partial charge in [-0.3, -0.25) is 0 Å². The second-order valence-electron chi connectivity index (χ2n) is 9.53. The SMILES string of the molecule is Cc1cc([C@@H](C)Nc2ccc(Cl)nc2C(=O)O)c2nc(N3CCN(c4ccccc4C#N)CC3)c(C#N)nc2c1. The quantitative estimate of drug-likeness (QED) is 0.316. The number of nitriles is 2. The van der Waals surface area contributed by atoms with E-state index in [0.717, 1.165) is 16.8 Å². The zero-order chi connectivity index (χ0) is 28.4. The summed E-state index contributed by atoms with van der Waals surface area (Å²) < 4.78 is 0. The summed E-state index contributed by atoms with van der Waals surface area (Å²) in [4.78, 5) is 29.5. The Labute approximate surface area is 236 Å². The van der Waals surface area contributed by atoms with Crippen molar-refractivity contribution in [2.75, 3.05) is 41.3 Å². The Morgan fingerprint density at radius 3 is 2.45 bits per heavy atom. The van der Waals surface area contributed by atoms with Crippen molar-refractivity contribution < 1.29 is 9.90 Å². The van der Waals surface area contributed by atoms with Crippen molar-refractivity contribution in [2.45, 2.75) is 19.9 Å². The van der Waals surface area contributed by atoms with Crippen molar-refractivity contribution in [1.29, 1.82) is 10.5 Å². The van der Waals surface area contributed by atoms with E-state index in [1.165, 1.54) is 6.07 Å². The topological polar surface area (TPSA) is 142 Å². The van der Waals surface area contributed by atoms with Gasteiger partial charge in [-0.2, -0.15) is 10.5 Å². The van der Waals surface area contributed by atoms with E-state index in [1.54, 1.807) is 6.07 Å². The highest BCUT2D eigenvalue weighted by Gasteiger charge is 2.25. The number of para-hydroxylation sites is 1. The third-order valence-corrected chi connectivity index (χ3v) is 7.09. The minimum atomic E-state index is -1.19. The van der Waals surface area contributed by atoms with Gasteiger partial charge in [0.25, 0.3) is 0 Å². The molecule has 1 atom stereocenters. The predicted molar refractivity (Wildman–Crippen MR) is 153 cm³/mol. The van der Waals surface area contributed by atoms with Crippen molar-refractivity contribution >= 4 is 45.8 Å². The normalized spacial score (nSPS) is 13.9. The summed E-state index contributed by atoms with van der Waals surface area (Å²) in [7, 11) is 0. The summed E-state index contributed by atoms with van der Waals surface area (Å²) in [5.74, 6) is -0.691. The number of nitrogens with one attached hydrogen (secondary N) is 1. The molecule has 2 aromatic carbocycles. The van der Waals surface area contributed by atoms with Gasteiger partial charge in [0.2, 0.25) is 0 Å². The lowest BCUT2D eigenvalue weighted by molar-refractivity contribution is 0.0691. The van der Waals surface area contributed by atoms with E-state index in [4.69, 9.17) is 16.6 Å². The summed E-state index contributed by atoms with van der Waals surface area (Å²) in [6.45, 7) is 6.35. The van der Waals surface area contributed by atoms with Gasteiger partial charge in [0.05, 0.1) is 34.0 Å². The van der Waals surface area contributed by atoms with Crippen LogP contribution in [0.1, 0.15) is 45.8 Å². The molecule has 200 valence electrons. The lowest BCUT2D eigenvalue weighted by Gasteiger charge is -2.37. The molecule has 0 saturated carbocycles. The first kappa shape index (κ1) is 26.7. The molecule has 0 unspecified atom stereocenters. The van der Waals surface area contributed by atoms with Crippen LogP contribution >= 0.6 is 11.6 Å². The summed E-state index contributed by atoms with van der Waals surface area (Å²) in [6.07, 6.45) is 0. The molecule has 10 nitrogen and oxygen atoms in total. The van der Waals surface area contributed by atoms with Crippen LogP contribution in [0.2, 0.25) is 5.15 Å². The monoisotopic (exact) mass is 552 g/mol. The number of aromatic nitrogens is 3. The molecule has 0 spiro atoms. The number of aromatic carboxylic acids is 1. The fourth-order valence-corrected chi connectivity index (χ4v) is 5.13. The third kappa shape index (κ3) is 5.18. The first-order valence-corrected chi connectivity index (χ1v) is 13.0. The molecule has 0 radical (unpaired) electrons. The van der Waals surface area contributed by atoms with Gasteiger partial charge < -0.3 is 20.2 Å². The maximum absolute atomic E-state index is 11.8. The molecule has 0 bridgehead atoms. The lowest BCUT2D eigenvalue weighted by Crippen LogP contribution is -2.47. The van der Waals surface area contributed by atoms with Crippen LogP contribution in [0.25, 0.3) is 11.0 Å². The van der Waals surface area contributed by atoms with Gasteiger partial charge in [0, 0.05) is 31.7 Å². The average molecular weight is 553 g/mol. The number of carbonyl (C=O) groups is 1. The van der Waals surface area contributed by atoms with Crippen molar-refractivity contribution in [3.05, 3.63) is 81.8 Å². The standard InChI is InChI=1S/C29H25ClN8O2/c1-17-13-20(18(2)33-21-7-8-25(30)35-27(21)29(39)40)26-22(14-17)34-23(16-32)28(36-26)38-11-9-37(10-12-38)24-6-4-3-5-19(24)15-31/h3-8,13-14,18,33H,9-12H2,1-2H3,(H,39,40)/t18-/m1/s1. The molecular weight excluding hydrogens is 528 g/mol. The third-order valence-electron chi connectivity index (χ3n) is 6.88. The molecule has 1 aliphatic rings. The van der Waals surface area contributed by atoms with Gasteiger partial charge in [-0.1, -0.05) is 29.8 Å². The molecule has 4 aromatic rings. The molecule has 0 aliphatic carbocycles. The molecule has 40 heavy (non-hydrogen) atoms. The Balaban J connectivity index is 1.48. The summed E-state index contributed by atoms with van der Waals surface area (Å²) in [5, 5.41) is 32.4. The van der Waals surface area contributed by atoms with Crippen LogP contribution in [0, 0.1) is 29.6 Å². The van der Waals surface area contributed by atoms with E-state index in [1.807, 2.05) is 55.1 Å². The van der Waals surface area contributed by atoms with Crippen LogP contribution in [0.15, 0.2) is 48.5 Å².